The first-order valence-corrected chi connectivity index (χ1v) is 4.83. The number of aromatic nitrogens is 1. The maximum Gasteiger partial charge on any atom is 0.463 e. The molecule has 0 atom stereocenters. The summed E-state index contributed by atoms with van der Waals surface area (Å²) in [7, 11) is 0. The quantitative estimate of drug-likeness (QED) is 0.477. The van der Waals surface area contributed by atoms with Crippen LogP contribution in [0.25, 0.3) is 4.98 Å². The molecule has 0 spiro atoms. The van der Waals surface area contributed by atoms with Gasteiger partial charge in [-0.2, -0.15) is 0 Å². The molecular weight excluding hydrogens is 206 g/mol. The summed E-state index contributed by atoms with van der Waals surface area (Å²) in [5, 5.41) is 18.1. The number of hydrogen-bond donors (Lipinski definition) is 1. The van der Waals surface area contributed by atoms with Crippen LogP contribution in [0, 0.1) is 5.39 Å². The van der Waals surface area contributed by atoms with Gasteiger partial charge in [0, 0.05) is 25.2 Å². The Morgan fingerprint density at radius 1 is 1.56 bits per heavy atom. The van der Waals surface area contributed by atoms with Gasteiger partial charge in [-0.3, -0.25) is 9.78 Å². The number of aliphatic hydroxyl groups excluding tert-OH is 1. The van der Waals surface area contributed by atoms with E-state index in [2.05, 4.69) is 9.96 Å². The summed E-state index contributed by atoms with van der Waals surface area (Å²) < 4.78 is 0. The maximum absolute atomic E-state index is 10.9. The average molecular weight is 218 g/mol. The second kappa shape index (κ2) is 5.61. The largest absolute Gasteiger partial charge is 0.505 e. The van der Waals surface area contributed by atoms with Gasteiger partial charge in [0.15, 0.2) is 10.7 Å². The molecule has 82 valence electrons. The van der Waals surface area contributed by atoms with Gasteiger partial charge in [0.25, 0.3) is 5.78 Å². The molecule has 1 heterocycles. The molecule has 0 aromatic carbocycles. The predicted molar refractivity (Wildman–Crippen MR) is 58.0 cm³/mol. The Balaban J connectivity index is 2.69. The van der Waals surface area contributed by atoms with Crippen LogP contribution in [0.4, 0.5) is 0 Å². The van der Waals surface area contributed by atoms with Gasteiger partial charge in [0.1, 0.15) is 0 Å². The zero-order valence-corrected chi connectivity index (χ0v) is 8.92. The number of pyridine rings is 1. The first-order chi connectivity index (χ1) is 7.65. The lowest BCUT2D eigenvalue weighted by Gasteiger charge is -1.97. The average Bonchev–Trinajstić information content (AvgIpc) is 2.28. The number of aryl methyl sites for hydroxylation is 1. The molecule has 0 fully saturated rings. The lowest BCUT2D eigenvalue weighted by atomic mass is 10.1. The Bertz CT molecular complexity index is 446. The number of aliphatic hydroxyl groups is 1. The highest BCUT2D eigenvalue weighted by Crippen LogP contribution is 2.11. The van der Waals surface area contributed by atoms with Crippen molar-refractivity contribution in [3.05, 3.63) is 46.5 Å². The SMILES string of the molecule is CC(=O)/C([N+]#N)=C(\O)CCc1ccccn1. The molecule has 1 aromatic rings. The van der Waals surface area contributed by atoms with Crippen molar-refractivity contribution in [2.24, 2.45) is 0 Å². The summed E-state index contributed by atoms with van der Waals surface area (Å²) in [6, 6.07) is 5.45. The van der Waals surface area contributed by atoms with Crippen LogP contribution in [0.1, 0.15) is 19.0 Å². The predicted octanol–water partition coefficient (Wildman–Crippen LogP) is 2.23. The van der Waals surface area contributed by atoms with Gasteiger partial charge >= 0.3 is 5.70 Å². The fraction of sp³-hybridized carbons (Fsp3) is 0.273. The minimum absolute atomic E-state index is 0.218. The zero-order chi connectivity index (χ0) is 12.0. The van der Waals surface area contributed by atoms with E-state index in [1.54, 1.807) is 12.3 Å². The van der Waals surface area contributed by atoms with Gasteiger partial charge in [-0.05, 0) is 18.6 Å². The molecule has 0 bridgehead atoms. The normalized spacial score (nSPS) is 11.5. The van der Waals surface area contributed by atoms with Crippen LogP contribution in [0.15, 0.2) is 35.9 Å². The van der Waals surface area contributed by atoms with Crippen molar-refractivity contribution in [3.8, 4) is 0 Å². The van der Waals surface area contributed by atoms with Gasteiger partial charge in [-0.1, -0.05) is 6.07 Å². The van der Waals surface area contributed by atoms with Crippen molar-refractivity contribution in [2.45, 2.75) is 19.8 Å². The van der Waals surface area contributed by atoms with Crippen LogP contribution >= 0.6 is 0 Å². The molecule has 0 unspecified atom stereocenters. The number of ketones is 1. The van der Waals surface area contributed by atoms with Crippen molar-refractivity contribution in [1.29, 1.82) is 5.39 Å². The molecule has 16 heavy (non-hydrogen) atoms. The van der Waals surface area contributed by atoms with Crippen molar-refractivity contribution in [1.82, 2.24) is 4.98 Å². The zero-order valence-electron chi connectivity index (χ0n) is 8.92. The number of rotatable bonds is 4. The first-order valence-electron chi connectivity index (χ1n) is 4.83. The Morgan fingerprint density at radius 2 is 2.31 bits per heavy atom. The number of hydrogen-bond acceptors (Lipinski definition) is 4. The van der Waals surface area contributed by atoms with Gasteiger partial charge in [0.05, 0.1) is 0 Å². The van der Waals surface area contributed by atoms with Crippen LogP contribution in [-0.2, 0) is 11.2 Å². The van der Waals surface area contributed by atoms with Crippen molar-refractivity contribution in [2.75, 3.05) is 0 Å². The standard InChI is InChI=1S/C11H11N3O2/c1-8(15)11(14-12)10(16)6-5-9-4-2-3-7-13-9/h2-4,7H,5-6H2,1H3/p+1. The molecule has 0 saturated carbocycles. The monoisotopic (exact) mass is 218 g/mol. The van der Waals surface area contributed by atoms with E-state index in [9.17, 15) is 9.90 Å². The second-order valence-corrected chi connectivity index (χ2v) is 3.27. The minimum Gasteiger partial charge on any atom is -0.505 e. The fourth-order valence-corrected chi connectivity index (χ4v) is 1.24. The van der Waals surface area contributed by atoms with Crippen molar-refractivity contribution < 1.29 is 9.90 Å². The highest BCUT2D eigenvalue weighted by atomic mass is 16.3. The van der Waals surface area contributed by atoms with E-state index in [0.717, 1.165) is 5.69 Å². The van der Waals surface area contributed by atoms with Crippen molar-refractivity contribution >= 4 is 5.78 Å². The van der Waals surface area contributed by atoms with E-state index >= 15 is 0 Å². The van der Waals surface area contributed by atoms with Crippen molar-refractivity contribution in [3.63, 3.8) is 0 Å². The number of nitrogens with zero attached hydrogens (tertiary/aromatic N) is 3. The topological polar surface area (TPSA) is 78.3 Å². The third-order valence-corrected chi connectivity index (χ3v) is 2.05. The highest BCUT2D eigenvalue weighted by molar-refractivity contribution is 5.95. The fourth-order valence-electron chi connectivity index (χ4n) is 1.24. The highest BCUT2D eigenvalue weighted by Gasteiger charge is 2.23. The summed E-state index contributed by atoms with van der Waals surface area (Å²) in [6.45, 7) is 1.23. The Hall–Kier alpha value is -2.22. The molecule has 5 heteroatoms. The minimum atomic E-state index is -0.471. The lowest BCUT2D eigenvalue weighted by molar-refractivity contribution is -0.113. The third kappa shape index (κ3) is 3.17. The van der Waals surface area contributed by atoms with Crippen LogP contribution in [0.2, 0.25) is 0 Å². The number of carbonyl (C=O) groups is 1. The first kappa shape index (κ1) is 11.9. The van der Waals surface area contributed by atoms with E-state index in [-0.39, 0.29) is 17.9 Å². The smallest absolute Gasteiger partial charge is 0.463 e. The Labute approximate surface area is 93.1 Å². The van der Waals surface area contributed by atoms with Crippen LogP contribution in [-0.4, -0.2) is 15.9 Å². The molecule has 1 N–H and O–H groups in total. The van der Waals surface area contributed by atoms with E-state index in [4.69, 9.17) is 5.39 Å². The molecular formula is C11H12N3O2+. The molecule has 0 saturated heterocycles. The summed E-state index contributed by atoms with van der Waals surface area (Å²) in [4.78, 5) is 17.8. The number of allylic oxidation sites excluding steroid dienone is 2. The molecule has 1 rings (SSSR count). The van der Waals surface area contributed by atoms with Gasteiger partial charge in [-0.25, -0.2) is 0 Å². The molecule has 0 radical (unpaired) electrons. The van der Waals surface area contributed by atoms with E-state index in [1.807, 2.05) is 12.1 Å². The Morgan fingerprint density at radius 3 is 2.81 bits per heavy atom. The maximum atomic E-state index is 10.9. The van der Waals surface area contributed by atoms with Gasteiger partial charge in [-0.15, -0.1) is 0 Å². The van der Waals surface area contributed by atoms with Crippen LogP contribution in [0.5, 0.6) is 0 Å². The number of carbonyl (C=O) groups excluding carboxylic acids is 1. The number of Topliss-reactive ketones (excluding diaryl/α,β-unsaturated/α-hetero) is 1. The summed E-state index contributed by atoms with van der Waals surface area (Å²) in [5.41, 5.74) is 0.505. The second-order valence-electron chi connectivity index (χ2n) is 3.27. The molecule has 5 nitrogen and oxygen atoms in total. The van der Waals surface area contributed by atoms with Crippen LogP contribution < -0.4 is 0 Å². The molecule has 0 aliphatic rings. The van der Waals surface area contributed by atoms with E-state index < -0.39 is 5.78 Å². The summed E-state index contributed by atoms with van der Waals surface area (Å²) >= 11 is 0. The summed E-state index contributed by atoms with van der Waals surface area (Å²) in [6.07, 6.45) is 2.35. The molecule has 0 aliphatic carbocycles. The van der Waals surface area contributed by atoms with E-state index in [0.29, 0.717) is 6.42 Å². The van der Waals surface area contributed by atoms with Gasteiger partial charge in [0.2, 0.25) is 5.39 Å². The van der Waals surface area contributed by atoms with E-state index in [1.165, 1.54) is 6.92 Å². The summed E-state index contributed by atoms with van der Waals surface area (Å²) in [5.74, 6) is -0.693. The molecule has 0 aliphatic heterocycles. The van der Waals surface area contributed by atoms with Gasteiger partial charge < -0.3 is 5.11 Å². The number of diazo groups is 1. The molecule has 1 aromatic heterocycles. The van der Waals surface area contributed by atoms with Crippen LogP contribution in [0.3, 0.4) is 0 Å². The lowest BCUT2D eigenvalue weighted by Crippen LogP contribution is -1.99. The third-order valence-electron chi connectivity index (χ3n) is 2.05. The molecule has 0 amide bonds. The Kier molecular flexibility index (Phi) is 4.16.